The number of aromatic nitrogens is 3. The number of nitrogen functional groups attached to an aromatic ring is 2. The van der Waals surface area contributed by atoms with Crippen LogP contribution in [0.25, 0.3) is 11.0 Å². The fourth-order valence-electron chi connectivity index (χ4n) is 3.63. The van der Waals surface area contributed by atoms with Crippen LogP contribution in [-0.4, -0.2) is 49.1 Å². The summed E-state index contributed by atoms with van der Waals surface area (Å²) in [5, 5.41) is 20.4. The molecule has 1 amide bonds. The minimum Gasteiger partial charge on any atom is -0.481 e. The second-order valence-electron chi connectivity index (χ2n) is 7.87. The summed E-state index contributed by atoms with van der Waals surface area (Å²) in [6.45, 7) is 2.05. The van der Waals surface area contributed by atoms with Gasteiger partial charge in [0.25, 0.3) is 5.91 Å². The highest BCUT2D eigenvalue weighted by molar-refractivity contribution is 5.96. The van der Waals surface area contributed by atoms with Crippen molar-refractivity contribution in [2.75, 3.05) is 11.5 Å². The number of rotatable bonds is 10. The predicted molar refractivity (Wildman–Crippen MR) is 125 cm³/mol. The summed E-state index contributed by atoms with van der Waals surface area (Å²) in [7, 11) is 0. The molecule has 1 aromatic carbocycles. The van der Waals surface area contributed by atoms with E-state index in [0.29, 0.717) is 17.5 Å². The van der Waals surface area contributed by atoms with Crippen LogP contribution in [-0.2, 0) is 16.0 Å². The zero-order valence-corrected chi connectivity index (χ0v) is 18.6. The van der Waals surface area contributed by atoms with Crippen molar-refractivity contribution in [1.29, 1.82) is 0 Å². The van der Waals surface area contributed by atoms with Crippen molar-refractivity contribution in [2.45, 2.75) is 44.6 Å². The van der Waals surface area contributed by atoms with Crippen LogP contribution in [0.3, 0.4) is 0 Å². The van der Waals surface area contributed by atoms with Crippen molar-refractivity contribution in [1.82, 2.24) is 20.3 Å². The first-order valence-corrected chi connectivity index (χ1v) is 10.7. The van der Waals surface area contributed by atoms with Crippen LogP contribution in [0.5, 0.6) is 0 Å². The summed E-state index contributed by atoms with van der Waals surface area (Å²) < 4.78 is 0. The average molecular weight is 466 g/mol. The van der Waals surface area contributed by atoms with E-state index in [0.717, 1.165) is 17.7 Å². The van der Waals surface area contributed by atoms with Gasteiger partial charge in [0.05, 0.1) is 5.52 Å². The Balaban J connectivity index is 1.72. The SMILES string of the molecule is CCC(Cc1ccc2nc(N)nc(N)c2n1)c1ccc(C(=O)N[C@@H](CCC(=O)O)C(=O)O)cc1. The van der Waals surface area contributed by atoms with Gasteiger partial charge in [0, 0.05) is 17.7 Å². The zero-order chi connectivity index (χ0) is 24.8. The van der Waals surface area contributed by atoms with Crippen LogP contribution < -0.4 is 16.8 Å². The molecule has 178 valence electrons. The molecule has 2 heterocycles. The number of hydrogen-bond donors (Lipinski definition) is 5. The molecule has 11 nitrogen and oxygen atoms in total. The summed E-state index contributed by atoms with van der Waals surface area (Å²) >= 11 is 0. The molecule has 7 N–H and O–H groups in total. The fourth-order valence-corrected chi connectivity index (χ4v) is 3.63. The monoisotopic (exact) mass is 466 g/mol. The molecule has 1 unspecified atom stereocenters. The molecule has 0 spiro atoms. The van der Waals surface area contributed by atoms with E-state index in [1.165, 1.54) is 0 Å². The molecule has 0 fully saturated rings. The van der Waals surface area contributed by atoms with Gasteiger partial charge in [-0.05, 0) is 55.0 Å². The third-order valence-corrected chi connectivity index (χ3v) is 5.49. The molecule has 3 rings (SSSR count). The Morgan fingerprint density at radius 1 is 1.00 bits per heavy atom. The first kappa shape index (κ1) is 24.4. The molecule has 11 heteroatoms. The quantitative estimate of drug-likeness (QED) is 0.295. The maximum atomic E-state index is 12.5. The molecule has 0 aliphatic heterocycles. The number of nitrogens with one attached hydrogen (secondary N) is 1. The zero-order valence-electron chi connectivity index (χ0n) is 18.6. The van der Waals surface area contributed by atoms with Crippen LogP contribution in [0.4, 0.5) is 11.8 Å². The van der Waals surface area contributed by atoms with Crippen LogP contribution in [0.15, 0.2) is 36.4 Å². The van der Waals surface area contributed by atoms with Crippen LogP contribution in [0.2, 0.25) is 0 Å². The topological polar surface area (TPSA) is 194 Å². The van der Waals surface area contributed by atoms with Crippen LogP contribution in [0.1, 0.15) is 53.7 Å². The first-order valence-electron chi connectivity index (χ1n) is 10.7. The van der Waals surface area contributed by atoms with Gasteiger partial charge in [0.1, 0.15) is 11.6 Å². The lowest BCUT2D eigenvalue weighted by atomic mass is 9.91. The van der Waals surface area contributed by atoms with E-state index >= 15 is 0 Å². The minimum absolute atomic E-state index is 0.0895. The molecule has 2 aromatic heterocycles. The van der Waals surface area contributed by atoms with Gasteiger partial charge in [0.15, 0.2) is 5.82 Å². The maximum absolute atomic E-state index is 12.5. The van der Waals surface area contributed by atoms with E-state index in [2.05, 4.69) is 20.3 Å². The molecule has 34 heavy (non-hydrogen) atoms. The molecule has 0 saturated heterocycles. The van der Waals surface area contributed by atoms with Gasteiger partial charge >= 0.3 is 11.9 Å². The minimum atomic E-state index is -1.28. The van der Waals surface area contributed by atoms with Gasteiger partial charge in [-0.2, -0.15) is 4.98 Å². The number of carbonyl (C=O) groups excluding carboxylic acids is 1. The van der Waals surface area contributed by atoms with Gasteiger partial charge < -0.3 is 27.0 Å². The Morgan fingerprint density at radius 3 is 2.32 bits per heavy atom. The molecule has 3 aromatic rings. The summed E-state index contributed by atoms with van der Waals surface area (Å²) in [4.78, 5) is 47.2. The van der Waals surface area contributed by atoms with E-state index in [-0.39, 0.29) is 36.1 Å². The molecule has 0 aliphatic carbocycles. The lowest BCUT2D eigenvalue weighted by Gasteiger charge is -2.17. The highest BCUT2D eigenvalue weighted by atomic mass is 16.4. The molecular weight excluding hydrogens is 440 g/mol. The Bertz CT molecular complexity index is 1210. The van der Waals surface area contributed by atoms with Crippen molar-refractivity contribution in [3.05, 3.63) is 53.2 Å². The number of carbonyl (C=O) groups is 3. The highest BCUT2D eigenvalue weighted by Crippen LogP contribution is 2.26. The van der Waals surface area contributed by atoms with Gasteiger partial charge in [-0.15, -0.1) is 0 Å². The van der Waals surface area contributed by atoms with Crippen LogP contribution >= 0.6 is 0 Å². The predicted octanol–water partition coefficient (Wildman–Crippen LogP) is 1.97. The van der Waals surface area contributed by atoms with Crippen molar-refractivity contribution in [2.24, 2.45) is 0 Å². The molecule has 0 radical (unpaired) electrons. The number of benzene rings is 1. The largest absolute Gasteiger partial charge is 0.481 e. The summed E-state index contributed by atoms with van der Waals surface area (Å²) in [6.07, 6.45) is 0.878. The molecule has 2 atom stereocenters. The Labute approximate surface area is 195 Å². The normalized spacial score (nSPS) is 12.7. The lowest BCUT2D eigenvalue weighted by molar-refractivity contribution is -0.140. The van der Waals surface area contributed by atoms with Gasteiger partial charge in [-0.1, -0.05) is 19.1 Å². The van der Waals surface area contributed by atoms with E-state index < -0.39 is 23.9 Å². The summed E-state index contributed by atoms with van der Waals surface area (Å²) in [6, 6.07) is 9.25. The number of nitrogens with zero attached hydrogens (tertiary/aromatic N) is 3. The number of hydrogen-bond acceptors (Lipinski definition) is 8. The van der Waals surface area contributed by atoms with Crippen molar-refractivity contribution < 1.29 is 24.6 Å². The lowest BCUT2D eigenvalue weighted by Crippen LogP contribution is -2.41. The highest BCUT2D eigenvalue weighted by Gasteiger charge is 2.22. The smallest absolute Gasteiger partial charge is 0.326 e. The van der Waals surface area contributed by atoms with E-state index in [9.17, 15) is 19.5 Å². The second kappa shape index (κ2) is 10.6. The number of nitrogens with two attached hydrogens (primary N) is 2. The number of carboxylic acid groups (broad SMARTS) is 2. The number of anilines is 2. The molecule has 0 bridgehead atoms. The molecule has 0 aliphatic rings. The van der Waals surface area contributed by atoms with E-state index in [1.807, 2.05) is 25.1 Å². The maximum Gasteiger partial charge on any atom is 0.326 e. The second-order valence-corrected chi connectivity index (χ2v) is 7.87. The van der Waals surface area contributed by atoms with Gasteiger partial charge in [-0.3, -0.25) is 9.59 Å². The van der Waals surface area contributed by atoms with E-state index in [4.69, 9.17) is 16.6 Å². The molecular formula is C23H26N6O5. The first-order chi connectivity index (χ1) is 16.2. The van der Waals surface area contributed by atoms with Gasteiger partial charge in [-0.25, -0.2) is 14.8 Å². The third kappa shape index (κ3) is 5.94. The number of aliphatic carboxylic acids is 2. The Kier molecular flexibility index (Phi) is 7.57. The summed E-state index contributed by atoms with van der Waals surface area (Å²) in [5.41, 5.74) is 14.7. The van der Waals surface area contributed by atoms with Gasteiger partial charge in [0.2, 0.25) is 5.95 Å². The summed E-state index contributed by atoms with van der Waals surface area (Å²) in [5.74, 6) is -2.57. The van der Waals surface area contributed by atoms with Crippen LogP contribution in [0, 0.1) is 0 Å². The van der Waals surface area contributed by atoms with Crippen molar-refractivity contribution in [3.8, 4) is 0 Å². The molecule has 0 saturated carbocycles. The average Bonchev–Trinajstić information content (AvgIpc) is 2.80. The Morgan fingerprint density at radius 2 is 1.71 bits per heavy atom. The third-order valence-electron chi connectivity index (χ3n) is 5.49. The van der Waals surface area contributed by atoms with Crippen molar-refractivity contribution >= 4 is 40.6 Å². The number of amides is 1. The number of pyridine rings is 1. The van der Waals surface area contributed by atoms with Crippen molar-refractivity contribution in [3.63, 3.8) is 0 Å². The fraction of sp³-hybridized carbons (Fsp3) is 0.304. The Hall–Kier alpha value is -4.28. The number of fused-ring (bicyclic) bond motifs is 1. The standard InChI is InChI=1S/C23H26N6O5/c1-2-12(11-15-7-8-16-19(26-15)20(24)29-23(25)28-16)13-3-5-14(6-4-13)21(32)27-17(22(33)34)9-10-18(30)31/h3-8,12,17H,2,9-11H2,1H3,(H,27,32)(H,30,31)(H,33,34)(H4,24,25,28,29)/t12?,17-/m0/s1. The van der Waals surface area contributed by atoms with E-state index in [1.54, 1.807) is 18.2 Å². The number of carboxylic acids is 2.